The van der Waals surface area contributed by atoms with Crippen LogP contribution in [0.4, 0.5) is 5.69 Å². The van der Waals surface area contributed by atoms with Crippen molar-refractivity contribution in [2.24, 2.45) is 0 Å². The van der Waals surface area contributed by atoms with Crippen LogP contribution in [0, 0.1) is 0 Å². The molecule has 1 aromatic carbocycles. The number of nitrogens with two attached hydrogens (primary N) is 1. The zero-order chi connectivity index (χ0) is 11.9. The number of thioether (sulfide) groups is 1. The lowest BCUT2D eigenvalue weighted by Gasteiger charge is -2.06. The first-order chi connectivity index (χ1) is 8.36. The fourth-order valence-electron chi connectivity index (χ4n) is 1.35. The summed E-state index contributed by atoms with van der Waals surface area (Å²) in [4.78, 5) is 5.00. The van der Waals surface area contributed by atoms with Crippen molar-refractivity contribution in [2.75, 3.05) is 18.1 Å². The highest BCUT2D eigenvalue weighted by Gasteiger charge is 1.99. The maximum absolute atomic E-state index is 5.79. The van der Waals surface area contributed by atoms with Crippen LogP contribution in [0.25, 0.3) is 0 Å². The van der Waals surface area contributed by atoms with Crippen LogP contribution in [0.2, 0.25) is 0 Å². The molecule has 0 saturated heterocycles. The van der Waals surface area contributed by atoms with E-state index < -0.39 is 0 Å². The van der Waals surface area contributed by atoms with E-state index in [0.717, 1.165) is 22.1 Å². The summed E-state index contributed by atoms with van der Waals surface area (Å²) in [5, 5.41) is 0. The van der Waals surface area contributed by atoms with Gasteiger partial charge in [-0.15, -0.1) is 11.8 Å². The van der Waals surface area contributed by atoms with Gasteiger partial charge in [-0.25, -0.2) is 0 Å². The molecular weight excluding hydrogens is 232 g/mol. The lowest BCUT2D eigenvalue weighted by atomic mass is 10.3. The molecule has 0 amide bonds. The minimum atomic E-state index is 0.663. The summed E-state index contributed by atoms with van der Waals surface area (Å²) in [6, 6.07) is 11.7. The molecule has 0 spiro atoms. The van der Waals surface area contributed by atoms with Gasteiger partial charge in [0.05, 0.1) is 18.5 Å². The van der Waals surface area contributed by atoms with Gasteiger partial charge in [0, 0.05) is 16.8 Å². The van der Waals surface area contributed by atoms with E-state index in [9.17, 15) is 0 Å². The monoisotopic (exact) mass is 246 g/mol. The molecule has 0 unspecified atom stereocenters. The minimum absolute atomic E-state index is 0.663. The van der Waals surface area contributed by atoms with Crippen molar-refractivity contribution < 1.29 is 4.74 Å². The molecule has 1 heterocycles. The van der Waals surface area contributed by atoms with E-state index in [1.165, 1.54) is 0 Å². The van der Waals surface area contributed by atoms with E-state index in [1.54, 1.807) is 24.2 Å². The zero-order valence-corrected chi connectivity index (χ0v) is 10.2. The predicted molar refractivity (Wildman–Crippen MR) is 71.3 cm³/mol. The molecule has 0 radical (unpaired) electrons. The fraction of sp³-hybridized carbons (Fsp3) is 0.154. The molecular formula is C13H14N2OS. The highest BCUT2D eigenvalue weighted by atomic mass is 32.2. The SMILES string of the molecule is Nc1cnccc1SCCOc1ccccc1. The first-order valence-electron chi connectivity index (χ1n) is 5.36. The van der Waals surface area contributed by atoms with Crippen LogP contribution in [-0.4, -0.2) is 17.3 Å². The topological polar surface area (TPSA) is 48.1 Å². The van der Waals surface area contributed by atoms with Crippen molar-refractivity contribution in [1.82, 2.24) is 4.98 Å². The molecule has 0 aliphatic carbocycles. The van der Waals surface area contributed by atoms with Crippen LogP contribution in [0.1, 0.15) is 0 Å². The van der Waals surface area contributed by atoms with E-state index in [1.807, 2.05) is 36.4 Å². The Morgan fingerprint density at radius 2 is 2.00 bits per heavy atom. The highest BCUT2D eigenvalue weighted by Crippen LogP contribution is 2.23. The summed E-state index contributed by atoms with van der Waals surface area (Å²) < 4.78 is 5.59. The average Bonchev–Trinajstić information content (AvgIpc) is 2.38. The number of para-hydroxylation sites is 1. The van der Waals surface area contributed by atoms with Crippen molar-refractivity contribution in [1.29, 1.82) is 0 Å². The molecule has 4 heteroatoms. The van der Waals surface area contributed by atoms with E-state index in [0.29, 0.717) is 6.61 Å². The van der Waals surface area contributed by atoms with Gasteiger partial charge < -0.3 is 10.5 Å². The minimum Gasteiger partial charge on any atom is -0.493 e. The smallest absolute Gasteiger partial charge is 0.119 e. The number of anilines is 1. The molecule has 2 N–H and O–H groups in total. The summed E-state index contributed by atoms with van der Waals surface area (Å²) in [6.07, 6.45) is 3.41. The number of hydrogen-bond acceptors (Lipinski definition) is 4. The molecule has 0 bridgehead atoms. The Labute approximate surface area is 105 Å². The van der Waals surface area contributed by atoms with Gasteiger partial charge in [0.2, 0.25) is 0 Å². The third-order valence-electron chi connectivity index (χ3n) is 2.16. The van der Waals surface area contributed by atoms with Crippen molar-refractivity contribution in [2.45, 2.75) is 4.90 Å². The van der Waals surface area contributed by atoms with Gasteiger partial charge in [0.1, 0.15) is 5.75 Å². The predicted octanol–water partition coefficient (Wildman–Crippen LogP) is 2.83. The van der Waals surface area contributed by atoms with Gasteiger partial charge >= 0.3 is 0 Å². The summed E-state index contributed by atoms with van der Waals surface area (Å²) in [7, 11) is 0. The Bertz CT molecular complexity index is 462. The third-order valence-corrected chi connectivity index (χ3v) is 3.22. The molecule has 3 nitrogen and oxygen atoms in total. The summed E-state index contributed by atoms with van der Waals surface area (Å²) >= 11 is 1.68. The standard InChI is InChI=1S/C13H14N2OS/c14-12-10-15-7-6-13(12)17-9-8-16-11-4-2-1-3-5-11/h1-7,10H,8-9,14H2. The Morgan fingerprint density at radius 1 is 1.18 bits per heavy atom. The number of nitrogens with zero attached hydrogens (tertiary/aromatic N) is 1. The Kier molecular flexibility index (Phi) is 4.27. The Morgan fingerprint density at radius 3 is 2.76 bits per heavy atom. The third kappa shape index (κ3) is 3.67. The second kappa shape index (κ2) is 6.15. The van der Waals surface area contributed by atoms with Crippen molar-refractivity contribution in [3.63, 3.8) is 0 Å². The molecule has 0 fully saturated rings. The van der Waals surface area contributed by atoms with Gasteiger partial charge in [-0.3, -0.25) is 4.98 Å². The summed E-state index contributed by atoms with van der Waals surface area (Å²) in [5.41, 5.74) is 6.51. The number of nitrogen functional groups attached to an aromatic ring is 1. The lowest BCUT2D eigenvalue weighted by Crippen LogP contribution is -2.00. The van der Waals surface area contributed by atoms with E-state index >= 15 is 0 Å². The van der Waals surface area contributed by atoms with Crippen molar-refractivity contribution in [3.05, 3.63) is 48.8 Å². The first kappa shape index (κ1) is 11.8. The van der Waals surface area contributed by atoms with Gasteiger partial charge in [-0.05, 0) is 18.2 Å². The van der Waals surface area contributed by atoms with Gasteiger partial charge in [0.25, 0.3) is 0 Å². The molecule has 2 aromatic rings. The second-order valence-corrected chi connectivity index (χ2v) is 4.56. The fourth-order valence-corrected chi connectivity index (χ4v) is 2.12. The largest absolute Gasteiger partial charge is 0.493 e. The molecule has 0 saturated carbocycles. The maximum Gasteiger partial charge on any atom is 0.119 e. The van der Waals surface area contributed by atoms with Gasteiger partial charge in [-0.1, -0.05) is 18.2 Å². The lowest BCUT2D eigenvalue weighted by molar-refractivity contribution is 0.344. The van der Waals surface area contributed by atoms with E-state index in [4.69, 9.17) is 10.5 Å². The van der Waals surface area contributed by atoms with Crippen LogP contribution in [0.15, 0.2) is 53.7 Å². The molecule has 2 rings (SSSR count). The van der Waals surface area contributed by atoms with E-state index in [-0.39, 0.29) is 0 Å². The van der Waals surface area contributed by atoms with Crippen LogP contribution < -0.4 is 10.5 Å². The first-order valence-corrected chi connectivity index (χ1v) is 6.35. The van der Waals surface area contributed by atoms with Crippen LogP contribution >= 0.6 is 11.8 Å². The molecule has 0 atom stereocenters. The van der Waals surface area contributed by atoms with E-state index in [2.05, 4.69) is 4.98 Å². The van der Waals surface area contributed by atoms with Crippen molar-refractivity contribution in [3.8, 4) is 5.75 Å². The molecule has 0 aliphatic heterocycles. The number of ether oxygens (including phenoxy) is 1. The van der Waals surface area contributed by atoms with Crippen molar-refractivity contribution >= 4 is 17.4 Å². The Hall–Kier alpha value is -1.68. The Balaban J connectivity index is 1.76. The maximum atomic E-state index is 5.79. The molecule has 1 aromatic heterocycles. The molecule has 88 valence electrons. The number of rotatable bonds is 5. The number of benzene rings is 1. The number of aromatic nitrogens is 1. The summed E-state index contributed by atoms with van der Waals surface area (Å²) in [6.45, 7) is 0.663. The van der Waals surface area contributed by atoms with Crippen LogP contribution in [0.3, 0.4) is 0 Å². The zero-order valence-electron chi connectivity index (χ0n) is 9.37. The number of hydrogen-bond donors (Lipinski definition) is 1. The highest BCUT2D eigenvalue weighted by molar-refractivity contribution is 7.99. The number of pyridine rings is 1. The summed E-state index contributed by atoms with van der Waals surface area (Å²) in [5.74, 6) is 1.76. The van der Waals surface area contributed by atoms with Gasteiger partial charge in [-0.2, -0.15) is 0 Å². The van der Waals surface area contributed by atoms with Crippen LogP contribution in [0.5, 0.6) is 5.75 Å². The van der Waals surface area contributed by atoms with Gasteiger partial charge in [0.15, 0.2) is 0 Å². The van der Waals surface area contributed by atoms with Crippen LogP contribution in [-0.2, 0) is 0 Å². The average molecular weight is 246 g/mol. The quantitative estimate of drug-likeness (QED) is 0.651. The molecule has 17 heavy (non-hydrogen) atoms. The molecule has 0 aliphatic rings. The normalized spacial score (nSPS) is 10.1. The second-order valence-electron chi connectivity index (χ2n) is 3.42.